The van der Waals surface area contributed by atoms with Gasteiger partial charge in [-0.1, -0.05) is 20.8 Å². The first-order valence-electron chi connectivity index (χ1n) is 8.76. The van der Waals surface area contributed by atoms with Crippen LogP contribution >= 0.6 is 11.3 Å². The SMILES string of the molecule is CC(C)(C)C(=O)NCCc1ccc(S(=O)(=O)NCCC2CCNC2)s1. The Kier molecular flexibility index (Phi) is 7.01. The maximum atomic E-state index is 12.3. The molecule has 0 aliphatic carbocycles. The minimum absolute atomic E-state index is 0.0000275. The molecule has 0 bridgehead atoms. The van der Waals surface area contributed by atoms with E-state index in [1.165, 1.54) is 11.3 Å². The summed E-state index contributed by atoms with van der Waals surface area (Å²) >= 11 is 1.27. The van der Waals surface area contributed by atoms with E-state index in [0.717, 1.165) is 30.8 Å². The molecule has 6 nitrogen and oxygen atoms in total. The molecule has 0 spiro atoms. The molecule has 1 aliphatic rings. The van der Waals surface area contributed by atoms with Gasteiger partial charge in [0.2, 0.25) is 15.9 Å². The fraction of sp³-hybridized carbons (Fsp3) is 0.706. The van der Waals surface area contributed by atoms with Gasteiger partial charge >= 0.3 is 0 Å². The van der Waals surface area contributed by atoms with Crippen molar-refractivity contribution in [1.29, 1.82) is 0 Å². The predicted molar refractivity (Wildman–Crippen MR) is 101 cm³/mol. The largest absolute Gasteiger partial charge is 0.355 e. The lowest BCUT2D eigenvalue weighted by Gasteiger charge is -2.17. The van der Waals surface area contributed by atoms with Gasteiger partial charge in [-0.25, -0.2) is 13.1 Å². The molecule has 8 heteroatoms. The lowest BCUT2D eigenvalue weighted by atomic mass is 9.96. The number of carbonyl (C=O) groups excluding carboxylic acids is 1. The van der Waals surface area contributed by atoms with Crippen LogP contribution in [-0.2, 0) is 21.2 Å². The first-order chi connectivity index (χ1) is 11.7. The zero-order chi connectivity index (χ0) is 18.5. The molecule has 1 fully saturated rings. The van der Waals surface area contributed by atoms with Crippen LogP contribution in [0.1, 0.15) is 38.5 Å². The van der Waals surface area contributed by atoms with Crippen molar-refractivity contribution >= 4 is 27.3 Å². The minimum Gasteiger partial charge on any atom is -0.355 e. The third-order valence-electron chi connectivity index (χ3n) is 4.25. The van der Waals surface area contributed by atoms with Crippen LogP contribution in [-0.4, -0.2) is 40.5 Å². The summed E-state index contributed by atoms with van der Waals surface area (Å²) in [7, 11) is -3.43. The molecule has 142 valence electrons. The number of thiophene rings is 1. The van der Waals surface area contributed by atoms with E-state index in [-0.39, 0.29) is 5.91 Å². The summed E-state index contributed by atoms with van der Waals surface area (Å²) in [6.07, 6.45) is 2.62. The van der Waals surface area contributed by atoms with Gasteiger partial charge in [-0.3, -0.25) is 4.79 Å². The summed E-state index contributed by atoms with van der Waals surface area (Å²) in [6.45, 7) is 8.59. The Bertz CT molecular complexity index is 672. The topological polar surface area (TPSA) is 87.3 Å². The smallest absolute Gasteiger partial charge is 0.250 e. The molecule has 1 atom stereocenters. The maximum Gasteiger partial charge on any atom is 0.250 e. The molecular formula is C17H29N3O3S2. The summed E-state index contributed by atoms with van der Waals surface area (Å²) in [5.41, 5.74) is -0.414. The van der Waals surface area contributed by atoms with Crippen LogP contribution in [0.15, 0.2) is 16.3 Å². The first-order valence-corrected chi connectivity index (χ1v) is 11.1. The van der Waals surface area contributed by atoms with E-state index < -0.39 is 15.4 Å². The van der Waals surface area contributed by atoms with Gasteiger partial charge in [0.25, 0.3) is 0 Å². The normalized spacial score (nSPS) is 18.4. The molecule has 1 aromatic heterocycles. The van der Waals surface area contributed by atoms with Crippen LogP contribution in [0, 0.1) is 11.3 Å². The summed E-state index contributed by atoms with van der Waals surface area (Å²) in [5.74, 6) is 0.563. The van der Waals surface area contributed by atoms with E-state index in [1.54, 1.807) is 6.07 Å². The highest BCUT2D eigenvalue weighted by atomic mass is 32.2. The summed E-state index contributed by atoms with van der Waals surface area (Å²) < 4.78 is 27.7. The number of rotatable bonds is 8. The van der Waals surface area contributed by atoms with Crippen molar-refractivity contribution in [3.63, 3.8) is 0 Å². The van der Waals surface area contributed by atoms with Crippen molar-refractivity contribution in [1.82, 2.24) is 15.4 Å². The van der Waals surface area contributed by atoms with Crippen molar-refractivity contribution in [2.75, 3.05) is 26.2 Å². The molecule has 1 amide bonds. The van der Waals surface area contributed by atoms with Crippen LogP contribution in [0.4, 0.5) is 0 Å². The molecule has 1 saturated heterocycles. The Morgan fingerprint density at radius 3 is 2.72 bits per heavy atom. The van der Waals surface area contributed by atoms with Gasteiger partial charge in [-0.05, 0) is 50.4 Å². The highest BCUT2D eigenvalue weighted by Crippen LogP contribution is 2.22. The van der Waals surface area contributed by atoms with E-state index in [0.29, 0.717) is 29.6 Å². The van der Waals surface area contributed by atoms with Crippen molar-refractivity contribution in [2.24, 2.45) is 11.3 Å². The molecule has 0 radical (unpaired) electrons. The molecule has 0 saturated carbocycles. The molecule has 1 aliphatic heterocycles. The van der Waals surface area contributed by atoms with Gasteiger partial charge in [-0.2, -0.15) is 0 Å². The number of hydrogen-bond donors (Lipinski definition) is 3. The highest BCUT2D eigenvalue weighted by Gasteiger charge is 2.21. The Labute approximate surface area is 154 Å². The molecule has 0 aromatic carbocycles. The lowest BCUT2D eigenvalue weighted by molar-refractivity contribution is -0.128. The van der Waals surface area contributed by atoms with Gasteiger partial charge in [0, 0.05) is 23.4 Å². The Balaban J connectivity index is 1.79. The van der Waals surface area contributed by atoms with E-state index in [2.05, 4.69) is 15.4 Å². The quantitative estimate of drug-likeness (QED) is 0.634. The summed E-state index contributed by atoms with van der Waals surface area (Å²) in [5, 5.41) is 6.17. The van der Waals surface area contributed by atoms with Crippen LogP contribution in [0.5, 0.6) is 0 Å². The van der Waals surface area contributed by atoms with E-state index >= 15 is 0 Å². The maximum absolute atomic E-state index is 12.3. The van der Waals surface area contributed by atoms with E-state index in [1.807, 2.05) is 26.8 Å². The molecule has 1 unspecified atom stereocenters. The van der Waals surface area contributed by atoms with Crippen LogP contribution < -0.4 is 15.4 Å². The Morgan fingerprint density at radius 2 is 2.08 bits per heavy atom. The zero-order valence-corrected chi connectivity index (χ0v) is 16.9. The van der Waals surface area contributed by atoms with Crippen LogP contribution in [0.3, 0.4) is 0 Å². The third-order valence-corrected chi connectivity index (χ3v) is 7.34. The predicted octanol–water partition coefficient (Wildman–Crippen LogP) is 1.73. The second-order valence-electron chi connectivity index (χ2n) is 7.52. The summed E-state index contributed by atoms with van der Waals surface area (Å²) in [6, 6.07) is 3.47. The van der Waals surface area contributed by atoms with Gasteiger partial charge in [-0.15, -0.1) is 11.3 Å². The van der Waals surface area contributed by atoms with E-state index in [9.17, 15) is 13.2 Å². The Hall–Kier alpha value is -0.960. The Morgan fingerprint density at radius 1 is 1.32 bits per heavy atom. The standard InChI is InChI=1S/C17H29N3O3S2/c1-17(2,3)16(21)19-10-8-14-4-5-15(24-14)25(22,23)20-11-7-13-6-9-18-12-13/h4-5,13,18,20H,6-12H2,1-3H3,(H,19,21). The average Bonchev–Trinajstić information content (AvgIpc) is 3.17. The molecular weight excluding hydrogens is 358 g/mol. The lowest BCUT2D eigenvalue weighted by Crippen LogP contribution is -2.35. The number of hydrogen-bond acceptors (Lipinski definition) is 5. The monoisotopic (exact) mass is 387 g/mol. The summed E-state index contributed by atoms with van der Waals surface area (Å²) in [4.78, 5) is 12.8. The van der Waals surface area contributed by atoms with Gasteiger partial charge in [0.15, 0.2) is 0 Å². The van der Waals surface area contributed by atoms with E-state index in [4.69, 9.17) is 0 Å². The van der Waals surface area contributed by atoms with Crippen molar-refractivity contribution < 1.29 is 13.2 Å². The fourth-order valence-corrected chi connectivity index (χ4v) is 5.08. The van der Waals surface area contributed by atoms with Crippen LogP contribution in [0.2, 0.25) is 0 Å². The number of sulfonamides is 1. The van der Waals surface area contributed by atoms with Crippen molar-refractivity contribution in [3.05, 3.63) is 17.0 Å². The van der Waals surface area contributed by atoms with Gasteiger partial charge in [0.05, 0.1) is 0 Å². The highest BCUT2D eigenvalue weighted by molar-refractivity contribution is 7.91. The molecule has 2 heterocycles. The minimum atomic E-state index is -3.43. The first kappa shape index (κ1) is 20.4. The molecule has 2 rings (SSSR count). The van der Waals surface area contributed by atoms with Gasteiger partial charge < -0.3 is 10.6 Å². The number of carbonyl (C=O) groups is 1. The zero-order valence-electron chi connectivity index (χ0n) is 15.2. The number of amides is 1. The van der Waals surface area contributed by atoms with Crippen molar-refractivity contribution in [3.8, 4) is 0 Å². The molecule has 1 aromatic rings. The van der Waals surface area contributed by atoms with Crippen LogP contribution in [0.25, 0.3) is 0 Å². The average molecular weight is 388 g/mol. The number of nitrogens with one attached hydrogen (secondary N) is 3. The molecule has 25 heavy (non-hydrogen) atoms. The fourth-order valence-electron chi connectivity index (χ4n) is 2.63. The molecule has 3 N–H and O–H groups in total. The third kappa shape index (κ3) is 6.36. The van der Waals surface area contributed by atoms with Crippen molar-refractivity contribution in [2.45, 2.75) is 44.2 Å². The second kappa shape index (κ2) is 8.62. The van der Waals surface area contributed by atoms with Gasteiger partial charge in [0.1, 0.15) is 4.21 Å². The second-order valence-corrected chi connectivity index (χ2v) is 10.7.